The van der Waals surface area contributed by atoms with Crippen molar-refractivity contribution in [3.05, 3.63) is 24.3 Å². The van der Waals surface area contributed by atoms with Crippen molar-refractivity contribution in [2.75, 3.05) is 0 Å². The standard InChI is InChI=1S/C8H11N5O3S.ClH/c9-7(10)13-8(11)12-5-1-3-6(4-2-5)17(14,15)16;/h1-4H,(H,14,15,16)(H6,9,10,11,12,13);1H. The van der Waals surface area contributed by atoms with Crippen LogP contribution < -0.4 is 17.2 Å². The number of nitrogens with zero attached hydrogens (tertiary/aromatic N) is 2. The second kappa shape index (κ2) is 6.19. The smallest absolute Gasteiger partial charge is 0.294 e. The summed E-state index contributed by atoms with van der Waals surface area (Å²) >= 11 is 0. The molecule has 0 aliphatic rings. The number of halogens is 1. The molecular weight excluding hydrogens is 282 g/mol. The number of guanidine groups is 2. The molecule has 0 saturated carbocycles. The molecule has 1 rings (SSSR count). The number of rotatable bonds is 2. The Morgan fingerprint density at radius 3 is 2.00 bits per heavy atom. The highest BCUT2D eigenvalue weighted by atomic mass is 35.5. The van der Waals surface area contributed by atoms with Crippen molar-refractivity contribution in [2.45, 2.75) is 4.90 Å². The van der Waals surface area contributed by atoms with E-state index in [-0.39, 0.29) is 29.2 Å². The lowest BCUT2D eigenvalue weighted by molar-refractivity contribution is 0.483. The SMILES string of the molecule is Cl.NC(N)=NC(N)=Nc1ccc(S(=O)(=O)O)cc1. The lowest BCUT2D eigenvalue weighted by atomic mass is 10.3. The Bertz CT molecular complexity index is 563. The van der Waals surface area contributed by atoms with Gasteiger partial charge in [-0.1, -0.05) is 0 Å². The van der Waals surface area contributed by atoms with E-state index in [9.17, 15) is 8.42 Å². The third-order valence-electron chi connectivity index (χ3n) is 1.62. The summed E-state index contributed by atoms with van der Waals surface area (Å²) in [6.45, 7) is 0. The van der Waals surface area contributed by atoms with E-state index in [4.69, 9.17) is 21.8 Å². The molecule has 0 atom stereocenters. The number of hydrogen-bond acceptors (Lipinski definition) is 3. The molecule has 100 valence electrons. The summed E-state index contributed by atoms with van der Waals surface area (Å²) in [5, 5.41) is 0. The van der Waals surface area contributed by atoms with E-state index in [0.717, 1.165) is 0 Å². The van der Waals surface area contributed by atoms with Gasteiger partial charge in [-0.3, -0.25) is 4.55 Å². The zero-order valence-electron chi connectivity index (χ0n) is 9.02. The summed E-state index contributed by atoms with van der Waals surface area (Å²) in [6.07, 6.45) is 0. The van der Waals surface area contributed by atoms with Crippen molar-refractivity contribution in [3.8, 4) is 0 Å². The minimum atomic E-state index is -4.21. The fourth-order valence-electron chi connectivity index (χ4n) is 0.982. The predicted molar refractivity (Wildman–Crippen MR) is 70.6 cm³/mol. The third kappa shape index (κ3) is 4.99. The molecule has 10 heteroatoms. The number of benzene rings is 1. The van der Waals surface area contributed by atoms with Gasteiger partial charge in [0.05, 0.1) is 10.6 Å². The average Bonchev–Trinajstić information content (AvgIpc) is 2.15. The van der Waals surface area contributed by atoms with Gasteiger partial charge in [0.2, 0.25) is 5.96 Å². The third-order valence-corrected chi connectivity index (χ3v) is 2.49. The van der Waals surface area contributed by atoms with Gasteiger partial charge >= 0.3 is 0 Å². The lowest BCUT2D eigenvalue weighted by Crippen LogP contribution is -2.26. The van der Waals surface area contributed by atoms with E-state index >= 15 is 0 Å². The van der Waals surface area contributed by atoms with E-state index in [1.54, 1.807) is 0 Å². The second-order valence-corrected chi connectivity index (χ2v) is 4.40. The Labute approximate surface area is 110 Å². The first-order chi connectivity index (χ1) is 7.79. The molecule has 0 amide bonds. The molecule has 0 fully saturated rings. The van der Waals surface area contributed by atoms with Crippen molar-refractivity contribution < 1.29 is 13.0 Å². The minimum Gasteiger partial charge on any atom is -0.370 e. The quantitative estimate of drug-likeness (QED) is 0.329. The summed E-state index contributed by atoms with van der Waals surface area (Å²) in [5.41, 5.74) is 15.9. The molecule has 0 unspecified atom stereocenters. The molecule has 0 aromatic heterocycles. The maximum Gasteiger partial charge on any atom is 0.294 e. The first-order valence-corrected chi connectivity index (χ1v) is 5.74. The van der Waals surface area contributed by atoms with Crippen LogP contribution in [0.2, 0.25) is 0 Å². The van der Waals surface area contributed by atoms with Crippen molar-refractivity contribution in [2.24, 2.45) is 27.2 Å². The summed E-state index contributed by atoms with van der Waals surface area (Å²) in [4.78, 5) is 7.03. The number of nitrogens with two attached hydrogens (primary N) is 3. The molecule has 0 spiro atoms. The van der Waals surface area contributed by atoms with Crippen LogP contribution in [0.5, 0.6) is 0 Å². The molecular formula is C8H12ClN5O3S. The van der Waals surface area contributed by atoms with E-state index in [1.165, 1.54) is 24.3 Å². The maximum atomic E-state index is 10.8. The molecule has 0 aliphatic carbocycles. The summed E-state index contributed by atoms with van der Waals surface area (Å²) in [7, 11) is -4.21. The summed E-state index contributed by atoms with van der Waals surface area (Å²) < 4.78 is 30.2. The molecule has 0 bridgehead atoms. The van der Waals surface area contributed by atoms with Gasteiger partial charge in [-0.2, -0.15) is 13.4 Å². The van der Waals surface area contributed by atoms with Gasteiger partial charge in [-0.15, -0.1) is 12.4 Å². The maximum absolute atomic E-state index is 10.8. The van der Waals surface area contributed by atoms with E-state index in [2.05, 4.69) is 9.98 Å². The van der Waals surface area contributed by atoms with E-state index in [1.807, 2.05) is 0 Å². The fraction of sp³-hybridized carbons (Fsp3) is 0. The van der Waals surface area contributed by atoms with Gasteiger partial charge in [0.1, 0.15) is 0 Å². The normalized spacial score (nSPS) is 11.5. The van der Waals surface area contributed by atoms with Crippen LogP contribution in [0, 0.1) is 0 Å². The highest BCUT2D eigenvalue weighted by molar-refractivity contribution is 7.85. The van der Waals surface area contributed by atoms with Crippen LogP contribution in [-0.2, 0) is 10.1 Å². The molecule has 7 N–H and O–H groups in total. The van der Waals surface area contributed by atoms with Gasteiger partial charge in [-0.05, 0) is 24.3 Å². The molecule has 0 radical (unpaired) electrons. The van der Waals surface area contributed by atoms with Gasteiger partial charge < -0.3 is 17.2 Å². The Morgan fingerprint density at radius 1 is 1.11 bits per heavy atom. The van der Waals surface area contributed by atoms with Crippen molar-refractivity contribution in [3.63, 3.8) is 0 Å². The van der Waals surface area contributed by atoms with E-state index < -0.39 is 10.1 Å². The largest absolute Gasteiger partial charge is 0.370 e. The number of aliphatic imine (C=N–C) groups is 2. The number of hydrogen-bond donors (Lipinski definition) is 4. The lowest BCUT2D eigenvalue weighted by Gasteiger charge is -1.98. The molecule has 1 aromatic rings. The van der Waals surface area contributed by atoms with Crippen LogP contribution in [0.15, 0.2) is 39.1 Å². The Kier molecular flexibility index (Phi) is 5.56. The predicted octanol–water partition coefficient (Wildman–Crippen LogP) is -0.425. The summed E-state index contributed by atoms with van der Waals surface area (Å²) in [5.74, 6) is -0.398. The molecule has 0 aliphatic heterocycles. The second-order valence-electron chi connectivity index (χ2n) is 2.98. The van der Waals surface area contributed by atoms with Crippen molar-refractivity contribution >= 4 is 40.1 Å². The van der Waals surface area contributed by atoms with Gasteiger partial charge in [-0.25, -0.2) is 4.99 Å². The van der Waals surface area contributed by atoms with Crippen LogP contribution in [0.4, 0.5) is 5.69 Å². The monoisotopic (exact) mass is 293 g/mol. The van der Waals surface area contributed by atoms with Crippen LogP contribution in [0.3, 0.4) is 0 Å². The fourth-order valence-corrected chi connectivity index (χ4v) is 1.46. The van der Waals surface area contributed by atoms with Gasteiger partial charge in [0.15, 0.2) is 5.96 Å². The van der Waals surface area contributed by atoms with E-state index in [0.29, 0.717) is 5.69 Å². The Hall–Kier alpha value is -1.84. The molecule has 0 heterocycles. The van der Waals surface area contributed by atoms with Crippen LogP contribution >= 0.6 is 12.4 Å². The highest BCUT2D eigenvalue weighted by Gasteiger charge is 2.08. The van der Waals surface area contributed by atoms with Crippen molar-refractivity contribution in [1.29, 1.82) is 0 Å². The zero-order valence-corrected chi connectivity index (χ0v) is 10.6. The Balaban J connectivity index is 0.00000289. The summed E-state index contributed by atoms with van der Waals surface area (Å²) in [6, 6.07) is 5.05. The highest BCUT2D eigenvalue weighted by Crippen LogP contribution is 2.16. The van der Waals surface area contributed by atoms with Crippen molar-refractivity contribution in [1.82, 2.24) is 0 Å². The average molecular weight is 294 g/mol. The molecule has 0 saturated heterocycles. The van der Waals surface area contributed by atoms with Gasteiger partial charge in [0.25, 0.3) is 10.1 Å². The van der Waals surface area contributed by atoms with Crippen LogP contribution in [-0.4, -0.2) is 24.9 Å². The molecule has 18 heavy (non-hydrogen) atoms. The Morgan fingerprint density at radius 2 is 1.61 bits per heavy atom. The van der Waals surface area contributed by atoms with Gasteiger partial charge in [0, 0.05) is 0 Å². The molecule has 1 aromatic carbocycles. The first-order valence-electron chi connectivity index (χ1n) is 4.30. The zero-order chi connectivity index (χ0) is 13.1. The first kappa shape index (κ1) is 16.2. The minimum absolute atomic E-state index is 0. The molecule has 8 nitrogen and oxygen atoms in total. The topological polar surface area (TPSA) is 157 Å². The van der Waals surface area contributed by atoms with Crippen LogP contribution in [0.25, 0.3) is 0 Å². The van der Waals surface area contributed by atoms with Crippen LogP contribution in [0.1, 0.15) is 0 Å².